The second-order valence-corrected chi connectivity index (χ2v) is 5.02. The summed E-state index contributed by atoms with van der Waals surface area (Å²) in [4.78, 5) is 10.3. The molecule has 6 nitrogen and oxygen atoms in total. The number of nitrogens with one attached hydrogen (secondary N) is 2. The van der Waals surface area contributed by atoms with E-state index in [2.05, 4.69) is 10.6 Å². The molecule has 0 saturated carbocycles. The Morgan fingerprint density at radius 3 is 3.00 bits per heavy atom. The number of anilines is 1. The van der Waals surface area contributed by atoms with Gasteiger partial charge in [-0.15, -0.1) is 0 Å². The normalized spacial score (nSPS) is 21.9. The molecule has 1 saturated heterocycles. The molecule has 1 atom stereocenters. The van der Waals surface area contributed by atoms with Gasteiger partial charge in [-0.05, 0) is 31.5 Å². The van der Waals surface area contributed by atoms with Crippen LogP contribution in [-0.2, 0) is 4.74 Å². The van der Waals surface area contributed by atoms with Gasteiger partial charge in [0.05, 0.1) is 23.1 Å². The Balaban J connectivity index is 2.12. The van der Waals surface area contributed by atoms with E-state index in [1.165, 1.54) is 12.1 Å². The van der Waals surface area contributed by atoms with Crippen LogP contribution in [0.15, 0.2) is 18.2 Å². The minimum atomic E-state index is -0.618. The summed E-state index contributed by atoms with van der Waals surface area (Å²) in [6, 6.07) is 3.52. The van der Waals surface area contributed by atoms with E-state index in [0.717, 1.165) is 25.5 Å². The Morgan fingerprint density at radius 2 is 2.40 bits per heavy atom. The van der Waals surface area contributed by atoms with Crippen molar-refractivity contribution in [2.24, 2.45) is 0 Å². The van der Waals surface area contributed by atoms with Crippen molar-refractivity contribution in [2.75, 3.05) is 32.1 Å². The van der Waals surface area contributed by atoms with Gasteiger partial charge in [-0.3, -0.25) is 10.1 Å². The molecule has 1 heterocycles. The van der Waals surface area contributed by atoms with E-state index in [0.29, 0.717) is 18.8 Å². The fourth-order valence-electron chi connectivity index (χ4n) is 2.54. The van der Waals surface area contributed by atoms with Crippen LogP contribution in [0.3, 0.4) is 0 Å². The Morgan fingerprint density at radius 1 is 1.60 bits per heavy atom. The van der Waals surface area contributed by atoms with Gasteiger partial charge in [0, 0.05) is 13.7 Å². The van der Waals surface area contributed by atoms with Crippen molar-refractivity contribution in [3.8, 4) is 0 Å². The van der Waals surface area contributed by atoms with E-state index in [1.807, 2.05) is 0 Å². The zero-order chi connectivity index (χ0) is 14.6. The predicted molar refractivity (Wildman–Crippen MR) is 73.4 cm³/mol. The number of methoxy groups -OCH3 is 1. The average molecular weight is 283 g/mol. The van der Waals surface area contributed by atoms with Crippen LogP contribution in [0.25, 0.3) is 0 Å². The number of rotatable bonds is 6. The summed E-state index contributed by atoms with van der Waals surface area (Å²) in [6.45, 7) is 1.92. The molecule has 20 heavy (non-hydrogen) atoms. The highest BCUT2D eigenvalue weighted by Crippen LogP contribution is 2.27. The van der Waals surface area contributed by atoms with E-state index in [-0.39, 0.29) is 11.2 Å². The summed E-state index contributed by atoms with van der Waals surface area (Å²) in [5.74, 6) is -0.618. The topological polar surface area (TPSA) is 76.4 Å². The summed E-state index contributed by atoms with van der Waals surface area (Å²) >= 11 is 0. The Hall–Kier alpha value is -1.73. The maximum atomic E-state index is 13.1. The van der Waals surface area contributed by atoms with Gasteiger partial charge in [0.2, 0.25) is 0 Å². The number of hydrogen-bond acceptors (Lipinski definition) is 5. The largest absolute Gasteiger partial charge is 0.383 e. The summed E-state index contributed by atoms with van der Waals surface area (Å²) in [6.07, 6.45) is 1.97. The zero-order valence-electron chi connectivity index (χ0n) is 11.3. The van der Waals surface area contributed by atoms with Gasteiger partial charge in [0.1, 0.15) is 11.5 Å². The second kappa shape index (κ2) is 6.15. The summed E-state index contributed by atoms with van der Waals surface area (Å²) < 4.78 is 18.3. The van der Waals surface area contributed by atoms with E-state index < -0.39 is 10.7 Å². The van der Waals surface area contributed by atoms with E-state index in [1.54, 1.807) is 7.11 Å². The fourth-order valence-corrected chi connectivity index (χ4v) is 2.54. The number of nitro groups is 1. The van der Waals surface area contributed by atoms with Crippen molar-refractivity contribution in [2.45, 2.75) is 18.4 Å². The Kier molecular flexibility index (Phi) is 4.51. The van der Waals surface area contributed by atoms with Crippen molar-refractivity contribution >= 4 is 11.4 Å². The lowest BCUT2D eigenvalue weighted by Crippen LogP contribution is -2.49. The molecular weight excluding hydrogens is 265 g/mol. The van der Waals surface area contributed by atoms with Crippen LogP contribution in [-0.4, -0.2) is 37.3 Å². The van der Waals surface area contributed by atoms with Crippen LogP contribution in [0.4, 0.5) is 15.8 Å². The maximum Gasteiger partial charge on any atom is 0.295 e. The molecule has 1 aromatic carbocycles. The van der Waals surface area contributed by atoms with Crippen molar-refractivity contribution in [1.82, 2.24) is 5.32 Å². The molecule has 0 spiro atoms. The molecule has 1 unspecified atom stereocenters. The second-order valence-electron chi connectivity index (χ2n) is 5.02. The minimum absolute atomic E-state index is 0.225. The summed E-state index contributed by atoms with van der Waals surface area (Å²) in [5.41, 5.74) is -0.159. The minimum Gasteiger partial charge on any atom is -0.383 e. The quantitative estimate of drug-likeness (QED) is 0.616. The van der Waals surface area contributed by atoms with Gasteiger partial charge in [-0.2, -0.15) is 0 Å². The number of hydrogen-bond donors (Lipinski definition) is 2. The first-order valence-corrected chi connectivity index (χ1v) is 6.48. The first kappa shape index (κ1) is 14.7. The molecule has 2 N–H and O–H groups in total. The van der Waals surface area contributed by atoms with Crippen LogP contribution in [0.5, 0.6) is 0 Å². The SMILES string of the molecule is COCC1(CNc2ccc(F)cc2[N+](=O)[O-])CCCN1. The lowest BCUT2D eigenvalue weighted by Gasteiger charge is -2.29. The highest BCUT2D eigenvalue weighted by Gasteiger charge is 2.33. The predicted octanol–water partition coefficient (Wildman–Crippen LogP) is 1.91. The molecule has 1 aromatic rings. The van der Waals surface area contributed by atoms with Gasteiger partial charge < -0.3 is 15.4 Å². The number of benzene rings is 1. The van der Waals surface area contributed by atoms with Gasteiger partial charge in [0.15, 0.2) is 0 Å². The highest BCUT2D eigenvalue weighted by atomic mass is 19.1. The third-order valence-electron chi connectivity index (χ3n) is 3.53. The van der Waals surface area contributed by atoms with Gasteiger partial charge >= 0.3 is 0 Å². The lowest BCUT2D eigenvalue weighted by molar-refractivity contribution is -0.384. The van der Waals surface area contributed by atoms with Gasteiger partial charge in [0.25, 0.3) is 5.69 Å². The highest BCUT2D eigenvalue weighted by molar-refractivity contribution is 5.61. The van der Waals surface area contributed by atoms with Crippen molar-refractivity contribution in [1.29, 1.82) is 0 Å². The van der Waals surface area contributed by atoms with E-state index >= 15 is 0 Å². The number of halogens is 1. The van der Waals surface area contributed by atoms with Crippen LogP contribution in [0.1, 0.15) is 12.8 Å². The first-order chi connectivity index (χ1) is 9.56. The van der Waals surface area contributed by atoms with Crippen molar-refractivity contribution in [3.63, 3.8) is 0 Å². The smallest absolute Gasteiger partial charge is 0.295 e. The number of nitrogens with zero attached hydrogens (tertiary/aromatic N) is 1. The molecule has 1 aliphatic rings. The van der Waals surface area contributed by atoms with Crippen LogP contribution >= 0.6 is 0 Å². The average Bonchev–Trinajstić information content (AvgIpc) is 2.86. The first-order valence-electron chi connectivity index (χ1n) is 6.48. The Labute approximate surface area is 116 Å². The fraction of sp³-hybridized carbons (Fsp3) is 0.538. The molecule has 0 aliphatic carbocycles. The monoisotopic (exact) mass is 283 g/mol. The third kappa shape index (κ3) is 3.23. The van der Waals surface area contributed by atoms with E-state index in [9.17, 15) is 14.5 Å². The molecule has 2 rings (SSSR count). The third-order valence-corrected chi connectivity index (χ3v) is 3.53. The molecule has 1 fully saturated rings. The molecule has 0 aromatic heterocycles. The molecule has 7 heteroatoms. The standard InChI is InChI=1S/C13H18FN3O3/c1-20-9-13(5-2-6-16-13)8-15-11-4-3-10(14)7-12(11)17(18)19/h3-4,7,15-16H,2,5-6,8-9H2,1H3. The lowest BCUT2D eigenvalue weighted by atomic mass is 9.98. The number of nitro benzene ring substituents is 1. The maximum absolute atomic E-state index is 13.1. The molecule has 0 amide bonds. The Bertz CT molecular complexity index is 490. The molecular formula is C13H18FN3O3. The summed E-state index contributed by atoms with van der Waals surface area (Å²) in [5, 5.41) is 17.3. The van der Waals surface area contributed by atoms with Crippen molar-refractivity contribution in [3.05, 3.63) is 34.1 Å². The van der Waals surface area contributed by atoms with Crippen LogP contribution in [0.2, 0.25) is 0 Å². The van der Waals surface area contributed by atoms with Crippen molar-refractivity contribution < 1.29 is 14.1 Å². The van der Waals surface area contributed by atoms with Crippen LogP contribution < -0.4 is 10.6 Å². The molecule has 0 bridgehead atoms. The molecule has 110 valence electrons. The number of ether oxygens (including phenoxy) is 1. The van der Waals surface area contributed by atoms with Gasteiger partial charge in [-0.1, -0.05) is 0 Å². The molecule has 1 aliphatic heterocycles. The van der Waals surface area contributed by atoms with E-state index in [4.69, 9.17) is 4.74 Å². The molecule has 0 radical (unpaired) electrons. The van der Waals surface area contributed by atoms with Crippen LogP contribution in [0, 0.1) is 15.9 Å². The summed E-state index contributed by atoms with van der Waals surface area (Å²) in [7, 11) is 1.63. The zero-order valence-corrected chi connectivity index (χ0v) is 11.3. The van der Waals surface area contributed by atoms with Gasteiger partial charge in [-0.25, -0.2) is 4.39 Å².